The first-order valence-corrected chi connectivity index (χ1v) is 10.0. The van der Waals surface area contributed by atoms with Crippen LogP contribution >= 0.6 is 0 Å². The normalized spacial score (nSPS) is 28.3. The third kappa shape index (κ3) is 3.71. The van der Waals surface area contributed by atoms with Crippen molar-refractivity contribution < 1.29 is 4.79 Å². The van der Waals surface area contributed by atoms with Gasteiger partial charge in [0.25, 0.3) is 0 Å². The van der Waals surface area contributed by atoms with E-state index in [1.807, 2.05) is 0 Å². The monoisotopic (exact) mass is 357 g/mol. The number of hydrogen-bond donors (Lipinski definition) is 1. The Morgan fingerprint density at radius 2 is 2.00 bits per heavy atom. The van der Waals surface area contributed by atoms with Gasteiger partial charge in [-0.3, -0.25) is 14.6 Å². The van der Waals surface area contributed by atoms with Crippen LogP contribution in [-0.4, -0.2) is 72.5 Å². The SMILES string of the molecule is CN1CCN(c2ccc(CN3CCCC3)cn2)CC12CCNC(=O)CC2. The first kappa shape index (κ1) is 17.7. The average Bonchev–Trinajstić information content (AvgIpc) is 3.09. The van der Waals surface area contributed by atoms with Gasteiger partial charge in [0, 0.05) is 50.9 Å². The number of piperazine rings is 1. The molecular formula is C20H31N5O. The number of aromatic nitrogens is 1. The van der Waals surface area contributed by atoms with Gasteiger partial charge in [0.2, 0.25) is 5.91 Å². The second kappa shape index (κ2) is 7.53. The van der Waals surface area contributed by atoms with Crippen LogP contribution in [0.1, 0.15) is 37.7 Å². The molecule has 6 heteroatoms. The molecule has 1 amide bonds. The number of likely N-dealkylation sites (N-methyl/N-ethyl adjacent to an activating group) is 1. The van der Waals surface area contributed by atoms with E-state index in [-0.39, 0.29) is 11.4 Å². The largest absolute Gasteiger partial charge is 0.356 e. The van der Waals surface area contributed by atoms with E-state index in [0.29, 0.717) is 6.42 Å². The lowest BCUT2D eigenvalue weighted by Gasteiger charge is -2.49. The van der Waals surface area contributed by atoms with Crippen LogP contribution in [-0.2, 0) is 11.3 Å². The van der Waals surface area contributed by atoms with Gasteiger partial charge in [-0.1, -0.05) is 6.07 Å². The molecule has 1 aromatic rings. The standard InChI is InChI=1S/C20H31N5O/c1-23-12-13-25(16-20(23)7-6-19(26)21-9-8-20)18-5-4-17(14-22-18)15-24-10-2-3-11-24/h4-5,14H,2-3,6-13,15-16H2,1H3,(H,21,26). The topological polar surface area (TPSA) is 51.7 Å². The van der Waals surface area contributed by atoms with Crippen LogP contribution in [0.25, 0.3) is 0 Å². The van der Waals surface area contributed by atoms with Crippen LogP contribution < -0.4 is 10.2 Å². The molecule has 4 heterocycles. The Morgan fingerprint density at radius 3 is 2.77 bits per heavy atom. The third-order valence-corrected chi connectivity index (χ3v) is 6.47. The summed E-state index contributed by atoms with van der Waals surface area (Å²) in [4.78, 5) is 24.0. The molecule has 1 aromatic heterocycles. The summed E-state index contributed by atoms with van der Waals surface area (Å²) in [6, 6.07) is 4.42. The highest BCUT2D eigenvalue weighted by Crippen LogP contribution is 2.32. The molecular weight excluding hydrogens is 326 g/mol. The van der Waals surface area contributed by atoms with Crippen molar-refractivity contribution in [2.24, 2.45) is 0 Å². The minimum atomic E-state index is 0.0767. The molecule has 1 unspecified atom stereocenters. The summed E-state index contributed by atoms with van der Waals surface area (Å²) in [5.74, 6) is 1.27. The van der Waals surface area contributed by atoms with Gasteiger partial charge in [0.05, 0.1) is 0 Å². The fraction of sp³-hybridized carbons (Fsp3) is 0.700. The van der Waals surface area contributed by atoms with Crippen molar-refractivity contribution in [3.63, 3.8) is 0 Å². The van der Waals surface area contributed by atoms with Crippen LogP contribution in [0.5, 0.6) is 0 Å². The summed E-state index contributed by atoms with van der Waals surface area (Å²) >= 11 is 0. The van der Waals surface area contributed by atoms with Crippen LogP contribution in [0.3, 0.4) is 0 Å². The Kier molecular flexibility index (Phi) is 5.14. The number of rotatable bonds is 3. The number of carbonyl (C=O) groups is 1. The Labute approximate surface area is 156 Å². The molecule has 1 N–H and O–H groups in total. The van der Waals surface area contributed by atoms with Crippen LogP contribution in [0.15, 0.2) is 18.3 Å². The lowest BCUT2D eigenvalue weighted by Crippen LogP contribution is -2.61. The van der Waals surface area contributed by atoms with Crippen LogP contribution in [0, 0.1) is 0 Å². The number of hydrogen-bond acceptors (Lipinski definition) is 5. The molecule has 3 saturated heterocycles. The molecule has 0 bridgehead atoms. The Morgan fingerprint density at radius 1 is 1.15 bits per heavy atom. The second-order valence-electron chi connectivity index (χ2n) is 8.18. The zero-order chi connectivity index (χ0) is 18.0. The molecule has 3 fully saturated rings. The van der Waals surface area contributed by atoms with Crippen LogP contribution in [0.2, 0.25) is 0 Å². The molecule has 142 valence electrons. The predicted octanol–water partition coefficient (Wildman–Crippen LogP) is 1.47. The summed E-state index contributed by atoms with van der Waals surface area (Å²) in [5.41, 5.74) is 1.39. The zero-order valence-corrected chi connectivity index (χ0v) is 15.9. The van der Waals surface area contributed by atoms with Gasteiger partial charge in [-0.05, 0) is 57.5 Å². The summed E-state index contributed by atoms with van der Waals surface area (Å²) in [7, 11) is 2.21. The Hall–Kier alpha value is -1.66. The van der Waals surface area contributed by atoms with Crippen LogP contribution in [0.4, 0.5) is 5.82 Å². The summed E-state index contributed by atoms with van der Waals surface area (Å²) in [6.45, 7) is 7.21. The first-order chi connectivity index (χ1) is 12.6. The molecule has 3 aliphatic heterocycles. The first-order valence-electron chi connectivity index (χ1n) is 10.0. The van der Waals surface area contributed by atoms with Crippen molar-refractivity contribution in [1.82, 2.24) is 20.1 Å². The third-order valence-electron chi connectivity index (χ3n) is 6.47. The number of likely N-dealkylation sites (tertiary alicyclic amines) is 1. The predicted molar refractivity (Wildman–Crippen MR) is 103 cm³/mol. The molecule has 3 aliphatic rings. The number of nitrogens with zero attached hydrogens (tertiary/aromatic N) is 4. The van der Waals surface area contributed by atoms with Gasteiger partial charge >= 0.3 is 0 Å². The lowest BCUT2D eigenvalue weighted by atomic mass is 9.86. The number of pyridine rings is 1. The highest BCUT2D eigenvalue weighted by atomic mass is 16.1. The lowest BCUT2D eigenvalue weighted by molar-refractivity contribution is -0.120. The second-order valence-corrected chi connectivity index (χ2v) is 8.18. The van der Waals surface area contributed by atoms with E-state index in [1.165, 1.54) is 31.5 Å². The van der Waals surface area contributed by atoms with Gasteiger partial charge in [-0.15, -0.1) is 0 Å². The maximum atomic E-state index is 11.8. The number of carbonyl (C=O) groups excluding carboxylic acids is 1. The van der Waals surface area contributed by atoms with Crippen molar-refractivity contribution in [2.75, 3.05) is 51.2 Å². The smallest absolute Gasteiger partial charge is 0.220 e. The Bertz CT molecular complexity index is 628. The van der Waals surface area contributed by atoms with Crippen molar-refractivity contribution in [1.29, 1.82) is 0 Å². The molecule has 1 spiro atoms. The van der Waals surface area contributed by atoms with E-state index >= 15 is 0 Å². The van der Waals surface area contributed by atoms with Gasteiger partial charge in [0.1, 0.15) is 5.82 Å². The van der Waals surface area contributed by atoms with Gasteiger partial charge in [0.15, 0.2) is 0 Å². The molecule has 0 aliphatic carbocycles. The molecule has 6 nitrogen and oxygen atoms in total. The van der Waals surface area contributed by atoms with E-state index < -0.39 is 0 Å². The summed E-state index contributed by atoms with van der Waals surface area (Å²) in [6.07, 6.45) is 7.27. The van der Waals surface area contributed by atoms with E-state index in [9.17, 15) is 4.79 Å². The van der Waals surface area contributed by atoms with Gasteiger partial charge in [-0.2, -0.15) is 0 Å². The van der Waals surface area contributed by atoms with Crippen molar-refractivity contribution in [3.05, 3.63) is 23.9 Å². The highest BCUT2D eigenvalue weighted by Gasteiger charge is 2.41. The molecule has 0 radical (unpaired) electrons. The minimum absolute atomic E-state index is 0.0767. The van der Waals surface area contributed by atoms with Gasteiger partial charge < -0.3 is 10.2 Å². The zero-order valence-electron chi connectivity index (χ0n) is 15.9. The highest BCUT2D eigenvalue weighted by molar-refractivity contribution is 5.76. The van der Waals surface area contributed by atoms with E-state index in [0.717, 1.165) is 51.4 Å². The molecule has 4 rings (SSSR count). The van der Waals surface area contributed by atoms with Gasteiger partial charge in [-0.25, -0.2) is 4.98 Å². The van der Waals surface area contributed by atoms with Crippen molar-refractivity contribution in [3.8, 4) is 0 Å². The molecule has 26 heavy (non-hydrogen) atoms. The maximum absolute atomic E-state index is 11.8. The Balaban J connectivity index is 1.44. The number of anilines is 1. The maximum Gasteiger partial charge on any atom is 0.220 e. The summed E-state index contributed by atoms with van der Waals surface area (Å²) < 4.78 is 0. The fourth-order valence-electron chi connectivity index (χ4n) is 4.69. The molecule has 0 saturated carbocycles. The minimum Gasteiger partial charge on any atom is -0.356 e. The fourth-order valence-corrected chi connectivity index (χ4v) is 4.69. The van der Waals surface area contributed by atoms with E-state index in [2.05, 4.69) is 45.4 Å². The summed E-state index contributed by atoms with van der Waals surface area (Å²) in [5, 5.41) is 3.03. The average molecular weight is 358 g/mol. The van der Waals surface area contributed by atoms with Crippen molar-refractivity contribution >= 4 is 11.7 Å². The van der Waals surface area contributed by atoms with E-state index in [4.69, 9.17) is 4.98 Å². The molecule has 1 atom stereocenters. The van der Waals surface area contributed by atoms with Crippen molar-refractivity contribution in [2.45, 2.75) is 44.2 Å². The quantitative estimate of drug-likeness (QED) is 0.888. The number of amides is 1. The van der Waals surface area contributed by atoms with E-state index in [1.54, 1.807) is 0 Å². The molecule has 0 aromatic carbocycles. The number of nitrogens with one attached hydrogen (secondary N) is 1.